The minimum atomic E-state index is -0.163. The zero-order valence-corrected chi connectivity index (χ0v) is 9.69. The molecule has 1 aliphatic rings. The largest absolute Gasteiger partial charge is 0.354 e. The third-order valence-corrected chi connectivity index (χ3v) is 3.27. The van der Waals surface area contributed by atoms with Crippen molar-refractivity contribution in [1.82, 2.24) is 15.5 Å². The Labute approximate surface area is 93.4 Å². The van der Waals surface area contributed by atoms with E-state index in [4.69, 9.17) is 0 Å². The lowest BCUT2D eigenvalue weighted by Gasteiger charge is -2.21. The van der Waals surface area contributed by atoms with Crippen LogP contribution in [0.5, 0.6) is 0 Å². The van der Waals surface area contributed by atoms with Gasteiger partial charge >= 0.3 is 0 Å². The second kappa shape index (κ2) is 4.22. The number of rotatable bonds is 2. The highest BCUT2D eigenvalue weighted by Gasteiger charge is 2.22. The fourth-order valence-corrected chi connectivity index (χ4v) is 2.39. The molecule has 1 unspecified atom stereocenters. The normalized spacial score (nSPS) is 21.8. The molecule has 14 heavy (non-hydrogen) atoms. The maximum absolute atomic E-state index is 11.4. The molecule has 5 nitrogen and oxygen atoms in total. The van der Waals surface area contributed by atoms with Crippen LogP contribution in [-0.4, -0.2) is 28.7 Å². The zero-order valence-electron chi connectivity index (χ0n) is 7.29. The summed E-state index contributed by atoms with van der Waals surface area (Å²) >= 11 is 4.60. The zero-order chi connectivity index (χ0) is 9.97. The molecule has 7 heteroatoms. The van der Waals surface area contributed by atoms with Crippen LogP contribution in [0.4, 0.5) is 5.13 Å². The summed E-state index contributed by atoms with van der Waals surface area (Å²) < 4.78 is 0.719. The summed E-state index contributed by atoms with van der Waals surface area (Å²) in [6.45, 7) is 0.775. The van der Waals surface area contributed by atoms with Gasteiger partial charge in [-0.3, -0.25) is 4.79 Å². The molecule has 1 amide bonds. The number of hydrogen-bond donors (Lipinski definition) is 2. The minimum absolute atomic E-state index is 0.0440. The van der Waals surface area contributed by atoms with Crippen molar-refractivity contribution in [3.05, 3.63) is 3.92 Å². The molecule has 76 valence electrons. The SMILES string of the molecule is O=C1NCCCC1Nc1nnc(Br)s1. The summed E-state index contributed by atoms with van der Waals surface area (Å²) in [4.78, 5) is 11.4. The smallest absolute Gasteiger partial charge is 0.242 e. The number of hydrogen-bond acceptors (Lipinski definition) is 5. The average Bonchev–Trinajstić information content (AvgIpc) is 2.56. The number of halogens is 1. The molecule has 1 fully saturated rings. The van der Waals surface area contributed by atoms with Gasteiger partial charge in [0, 0.05) is 6.54 Å². The Morgan fingerprint density at radius 3 is 3.07 bits per heavy atom. The van der Waals surface area contributed by atoms with Crippen molar-refractivity contribution in [2.24, 2.45) is 0 Å². The van der Waals surface area contributed by atoms with Gasteiger partial charge in [-0.15, -0.1) is 10.2 Å². The van der Waals surface area contributed by atoms with Crippen LogP contribution in [0.2, 0.25) is 0 Å². The number of carbonyl (C=O) groups excluding carboxylic acids is 1. The molecule has 0 aromatic carbocycles. The summed E-state index contributed by atoms with van der Waals surface area (Å²) in [5, 5.41) is 14.2. The van der Waals surface area contributed by atoms with E-state index in [-0.39, 0.29) is 11.9 Å². The highest BCUT2D eigenvalue weighted by atomic mass is 79.9. The lowest BCUT2D eigenvalue weighted by Crippen LogP contribution is -2.44. The van der Waals surface area contributed by atoms with Crippen LogP contribution >= 0.6 is 27.3 Å². The van der Waals surface area contributed by atoms with Gasteiger partial charge in [0.05, 0.1) is 0 Å². The Morgan fingerprint density at radius 1 is 1.57 bits per heavy atom. The second-order valence-electron chi connectivity index (χ2n) is 2.99. The van der Waals surface area contributed by atoms with Crippen LogP contribution in [0.25, 0.3) is 0 Å². The van der Waals surface area contributed by atoms with Crippen LogP contribution in [0.15, 0.2) is 3.92 Å². The summed E-state index contributed by atoms with van der Waals surface area (Å²) in [7, 11) is 0. The molecule has 2 heterocycles. The van der Waals surface area contributed by atoms with Crippen molar-refractivity contribution in [1.29, 1.82) is 0 Å². The van der Waals surface area contributed by atoms with Gasteiger partial charge in [0.25, 0.3) is 0 Å². The lowest BCUT2D eigenvalue weighted by molar-refractivity contribution is -0.123. The fourth-order valence-electron chi connectivity index (χ4n) is 1.32. The van der Waals surface area contributed by atoms with Gasteiger partial charge in [-0.1, -0.05) is 11.3 Å². The number of amides is 1. The fraction of sp³-hybridized carbons (Fsp3) is 0.571. The van der Waals surface area contributed by atoms with E-state index in [9.17, 15) is 4.79 Å². The molecular formula is C7H9BrN4OS. The van der Waals surface area contributed by atoms with Crippen molar-refractivity contribution in [2.75, 3.05) is 11.9 Å². The van der Waals surface area contributed by atoms with Crippen molar-refractivity contribution < 1.29 is 4.79 Å². The van der Waals surface area contributed by atoms with E-state index in [2.05, 4.69) is 36.8 Å². The first-order valence-electron chi connectivity index (χ1n) is 4.29. The van der Waals surface area contributed by atoms with Gasteiger partial charge in [0.2, 0.25) is 11.0 Å². The number of nitrogens with zero attached hydrogens (tertiary/aromatic N) is 2. The number of aromatic nitrogens is 2. The Morgan fingerprint density at radius 2 is 2.43 bits per heavy atom. The maximum atomic E-state index is 11.4. The predicted octanol–water partition coefficient (Wildman–Crippen LogP) is 0.991. The van der Waals surface area contributed by atoms with E-state index in [1.807, 2.05) is 0 Å². The summed E-state index contributed by atoms with van der Waals surface area (Å²) in [5.41, 5.74) is 0. The number of carbonyl (C=O) groups is 1. The van der Waals surface area contributed by atoms with Crippen molar-refractivity contribution >= 4 is 38.3 Å². The monoisotopic (exact) mass is 276 g/mol. The molecular weight excluding hydrogens is 268 g/mol. The molecule has 2 rings (SSSR count). The number of anilines is 1. The summed E-state index contributed by atoms with van der Waals surface area (Å²) in [6.07, 6.45) is 1.85. The molecule has 1 saturated heterocycles. The van der Waals surface area contributed by atoms with Crippen LogP contribution in [0, 0.1) is 0 Å². The van der Waals surface area contributed by atoms with E-state index in [1.165, 1.54) is 11.3 Å². The van der Waals surface area contributed by atoms with Gasteiger partial charge in [0.1, 0.15) is 6.04 Å². The Kier molecular flexibility index (Phi) is 2.97. The quantitative estimate of drug-likeness (QED) is 0.846. The molecule has 1 aromatic heterocycles. The highest BCUT2D eigenvalue weighted by molar-refractivity contribution is 9.11. The first kappa shape index (κ1) is 9.85. The highest BCUT2D eigenvalue weighted by Crippen LogP contribution is 2.21. The summed E-state index contributed by atoms with van der Waals surface area (Å²) in [5.74, 6) is 0.0440. The number of nitrogens with one attached hydrogen (secondary N) is 2. The van der Waals surface area contributed by atoms with Crippen molar-refractivity contribution in [2.45, 2.75) is 18.9 Å². The Hall–Kier alpha value is -0.690. The van der Waals surface area contributed by atoms with E-state index < -0.39 is 0 Å². The molecule has 0 saturated carbocycles. The Bertz CT molecular complexity index is 342. The van der Waals surface area contributed by atoms with Gasteiger partial charge < -0.3 is 10.6 Å². The van der Waals surface area contributed by atoms with Crippen LogP contribution in [0.3, 0.4) is 0 Å². The molecule has 1 aliphatic heterocycles. The lowest BCUT2D eigenvalue weighted by atomic mass is 10.1. The molecule has 0 aliphatic carbocycles. The predicted molar refractivity (Wildman–Crippen MR) is 57.3 cm³/mol. The van der Waals surface area contributed by atoms with E-state index in [0.29, 0.717) is 5.13 Å². The van der Waals surface area contributed by atoms with Crippen molar-refractivity contribution in [3.8, 4) is 0 Å². The second-order valence-corrected chi connectivity index (χ2v) is 5.24. The minimum Gasteiger partial charge on any atom is -0.354 e. The van der Waals surface area contributed by atoms with Crippen molar-refractivity contribution in [3.63, 3.8) is 0 Å². The van der Waals surface area contributed by atoms with E-state index in [1.54, 1.807) is 0 Å². The van der Waals surface area contributed by atoms with Gasteiger partial charge in [0.15, 0.2) is 3.92 Å². The average molecular weight is 277 g/mol. The number of piperidine rings is 1. The Balaban J connectivity index is 1.99. The molecule has 0 spiro atoms. The molecule has 1 atom stereocenters. The first-order chi connectivity index (χ1) is 6.75. The third kappa shape index (κ3) is 2.21. The third-order valence-electron chi connectivity index (χ3n) is 1.98. The maximum Gasteiger partial charge on any atom is 0.242 e. The first-order valence-corrected chi connectivity index (χ1v) is 5.90. The molecule has 2 N–H and O–H groups in total. The van der Waals surface area contributed by atoms with Gasteiger partial charge in [-0.2, -0.15) is 0 Å². The molecule has 0 radical (unpaired) electrons. The summed E-state index contributed by atoms with van der Waals surface area (Å²) in [6, 6.07) is -0.163. The standard InChI is InChI=1S/C7H9BrN4OS/c8-6-11-12-7(14-6)10-4-2-1-3-9-5(4)13/h4H,1-3H2,(H,9,13)(H,10,12). The van der Waals surface area contributed by atoms with Crippen LogP contribution < -0.4 is 10.6 Å². The van der Waals surface area contributed by atoms with Crippen LogP contribution in [0.1, 0.15) is 12.8 Å². The van der Waals surface area contributed by atoms with Crippen LogP contribution in [-0.2, 0) is 4.79 Å². The molecule has 1 aromatic rings. The van der Waals surface area contributed by atoms with E-state index in [0.717, 1.165) is 23.3 Å². The van der Waals surface area contributed by atoms with E-state index >= 15 is 0 Å². The molecule has 0 bridgehead atoms. The van der Waals surface area contributed by atoms with Gasteiger partial charge in [-0.05, 0) is 28.8 Å². The topological polar surface area (TPSA) is 66.9 Å². The van der Waals surface area contributed by atoms with Gasteiger partial charge in [-0.25, -0.2) is 0 Å².